The Morgan fingerprint density at radius 2 is 2.12 bits per heavy atom. The van der Waals surface area contributed by atoms with Crippen molar-refractivity contribution < 1.29 is 25.0 Å². The normalized spacial score (nSPS) is 29.6. The molecule has 1 heterocycles. The highest BCUT2D eigenvalue weighted by molar-refractivity contribution is 8.00. The van der Waals surface area contributed by atoms with Crippen LogP contribution >= 0.6 is 11.8 Å². The van der Waals surface area contributed by atoms with Gasteiger partial charge in [0.1, 0.15) is 12.7 Å². The first-order valence-electron chi connectivity index (χ1n) is 4.80. The molecule has 0 spiro atoms. The van der Waals surface area contributed by atoms with Gasteiger partial charge in [-0.05, 0) is 11.7 Å². The number of rotatable bonds is 6. The molecule has 0 aliphatic carbocycles. The van der Waals surface area contributed by atoms with Crippen molar-refractivity contribution in [2.24, 2.45) is 5.92 Å². The lowest BCUT2D eigenvalue weighted by atomic mass is 10.0. The maximum atomic E-state index is 10.3. The number of hydrogen-bond acceptors (Lipinski definition) is 8. The zero-order chi connectivity index (χ0) is 13.0. The van der Waals surface area contributed by atoms with Crippen molar-refractivity contribution in [3.05, 3.63) is 20.2 Å². The zero-order valence-electron chi connectivity index (χ0n) is 8.92. The van der Waals surface area contributed by atoms with Crippen LogP contribution in [0, 0.1) is 26.1 Å². The molecule has 4 atom stereocenters. The Morgan fingerprint density at radius 3 is 2.53 bits per heavy atom. The standard InChI is InChI=1S/C7H12N2O7S/c1-4-3-17-7(6(4)10)5(16-9(13)14)2-15-8(11)12/h4-7,10H,2-3H2,1H3. The Balaban J connectivity index is 2.61. The Kier molecular flexibility index (Phi) is 4.75. The second kappa shape index (κ2) is 5.87. The molecule has 0 aromatic heterocycles. The number of thioether (sulfide) groups is 1. The van der Waals surface area contributed by atoms with Crippen LogP contribution in [0.5, 0.6) is 0 Å². The predicted molar refractivity (Wildman–Crippen MR) is 56.2 cm³/mol. The van der Waals surface area contributed by atoms with Crippen molar-refractivity contribution in [3.8, 4) is 0 Å². The number of aliphatic hydroxyl groups excluding tert-OH is 1. The maximum Gasteiger partial charge on any atom is 0.294 e. The van der Waals surface area contributed by atoms with Crippen molar-refractivity contribution in [3.63, 3.8) is 0 Å². The van der Waals surface area contributed by atoms with Gasteiger partial charge in [-0.3, -0.25) is 0 Å². The van der Waals surface area contributed by atoms with E-state index in [1.807, 2.05) is 0 Å². The summed E-state index contributed by atoms with van der Waals surface area (Å²) < 4.78 is 0. The fourth-order valence-corrected chi connectivity index (χ4v) is 3.07. The molecule has 17 heavy (non-hydrogen) atoms. The maximum absolute atomic E-state index is 10.3. The van der Waals surface area contributed by atoms with Crippen molar-refractivity contribution in [1.82, 2.24) is 0 Å². The average molecular weight is 268 g/mol. The van der Waals surface area contributed by atoms with E-state index >= 15 is 0 Å². The third-order valence-corrected chi connectivity index (χ3v) is 4.09. The summed E-state index contributed by atoms with van der Waals surface area (Å²) in [7, 11) is 0. The molecule has 9 nitrogen and oxygen atoms in total. The number of nitrogens with zero attached hydrogens (tertiary/aromatic N) is 2. The van der Waals surface area contributed by atoms with Gasteiger partial charge in [-0.2, -0.15) is 11.8 Å². The smallest absolute Gasteiger partial charge is 0.294 e. The van der Waals surface area contributed by atoms with Crippen LogP contribution in [0.15, 0.2) is 0 Å². The van der Waals surface area contributed by atoms with E-state index in [0.29, 0.717) is 5.75 Å². The molecule has 1 aliphatic heterocycles. The summed E-state index contributed by atoms with van der Waals surface area (Å²) in [5.74, 6) is 0.570. The van der Waals surface area contributed by atoms with E-state index in [9.17, 15) is 25.3 Å². The Morgan fingerprint density at radius 1 is 1.47 bits per heavy atom. The summed E-state index contributed by atoms with van der Waals surface area (Å²) in [4.78, 5) is 28.7. The molecular formula is C7H12N2O7S. The molecule has 1 fully saturated rings. The average Bonchev–Trinajstić information content (AvgIpc) is 2.54. The second-order valence-electron chi connectivity index (χ2n) is 3.65. The molecule has 0 aromatic carbocycles. The fraction of sp³-hybridized carbons (Fsp3) is 1.00. The van der Waals surface area contributed by atoms with Crippen LogP contribution in [-0.4, -0.2) is 45.1 Å². The number of hydrogen-bond donors (Lipinski definition) is 1. The molecule has 4 unspecified atom stereocenters. The lowest BCUT2D eigenvalue weighted by Crippen LogP contribution is -2.40. The molecule has 1 aliphatic rings. The van der Waals surface area contributed by atoms with Gasteiger partial charge in [-0.1, -0.05) is 6.92 Å². The first-order chi connectivity index (χ1) is 7.91. The topological polar surface area (TPSA) is 125 Å². The van der Waals surface area contributed by atoms with Gasteiger partial charge in [0.2, 0.25) is 0 Å². The van der Waals surface area contributed by atoms with Gasteiger partial charge in [0.15, 0.2) is 0 Å². The van der Waals surface area contributed by atoms with Crippen molar-refractivity contribution in [2.45, 2.75) is 24.4 Å². The quantitative estimate of drug-likeness (QED) is 0.522. The highest BCUT2D eigenvalue weighted by atomic mass is 32.2. The molecule has 1 rings (SSSR count). The van der Waals surface area contributed by atoms with Crippen LogP contribution in [-0.2, 0) is 9.68 Å². The molecule has 1 saturated heterocycles. The van der Waals surface area contributed by atoms with Crippen molar-refractivity contribution in [2.75, 3.05) is 12.4 Å². The van der Waals surface area contributed by atoms with E-state index in [0.717, 1.165) is 0 Å². The van der Waals surface area contributed by atoms with Crippen LogP contribution in [0.3, 0.4) is 0 Å². The Hall–Kier alpha value is -1.29. The van der Waals surface area contributed by atoms with E-state index in [4.69, 9.17) is 0 Å². The van der Waals surface area contributed by atoms with Crippen LogP contribution in [0.2, 0.25) is 0 Å². The molecule has 0 bridgehead atoms. The summed E-state index contributed by atoms with van der Waals surface area (Å²) in [6.07, 6.45) is -1.96. The Labute approximate surface area is 100 Å². The lowest BCUT2D eigenvalue weighted by Gasteiger charge is -2.23. The van der Waals surface area contributed by atoms with Gasteiger partial charge in [-0.15, -0.1) is 20.2 Å². The van der Waals surface area contributed by atoms with Gasteiger partial charge in [0, 0.05) is 0 Å². The highest BCUT2D eigenvalue weighted by Crippen LogP contribution is 2.34. The molecule has 0 radical (unpaired) electrons. The molecule has 0 aromatic rings. The van der Waals surface area contributed by atoms with E-state index < -0.39 is 34.2 Å². The van der Waals surface area contributed by atoms with Crippen LogP contribution in [0.1, 0.15) is 6.92 Å². The van der Waals surface area contributed by atoms with Gasteiger partial charge in [0.25, 0.3) is 10.2 Å². The summed E-state index contributed by atoms with van der Waals surface area (Å²) in [6, 6.07) is 0. The number of aliphatic hydroxyl groups is 1. The summed E-state index contributed by atoms with van der Waals surface area (Å²) >= 11 is 1.28. The van der Waals surface area contributed by atoms with Crippen LogP contribution in [0.4, 0.5) is 0 Å². The first-order valence-corrected chi connectivity index (χ1v) is 5.85. The van der Waals surface area contributed by atoms with Crippen molar-refractivity contribution in [1.29, 1.82) is 0 Å². The summed E-state index contributed by atoms with van der Waals surface area (Å²) in [5.41, 5.74) is 0. The van der Waals surface area contributed by atoms with Crippen molar-refractivity contribution >= 4 is 11.8 Å². The largest absolute Gasteiger partial charge is 0.392 e. The molecule has 0 saturated carbocycles. The predicted octanol–water partition coefficient (Wildman–Crippen LogP) is -0.116. The SMILES string of the molecule is CC1CSC(C(CO[N+](=O)[O-])O[N+](=O)[O-])C1O. The van der Waals surface area contributed by atoms with E-state index in [1.165, 1.54) is 11.8 Å². The minimum absolute atomic E-state index is 0.0431. The monoisotopic (exact) mass is 268 g/mol. The summed E-state index contributed by atoms with van der Waals surface area (Å²) in [5, 5.41) is 27.4. The van der Waals surface area contributed by atoms with Gasteiger partial charge < -0.3 is 14.8 Å². The minimum Gasteiger partial charge on any atom is -0.392 e. The molecule has 10 heteroatoms. The molecule has 98 valence electrons. The zero-order valence-corrected chi connectivity index (χ0v) is 9.74. The minimum atomic E-state index is -1.15. The lowest BCUT2D eigenvalue weighted by molar-refractivity contribution is -0.790. The van der Waals surface area contributed by atoms with Crippen LogP contribution in [0.25, 0.3) is 0 Å². The van der Waals surface area contributed by atoms with Gasteiger partial charge in [-0.25, -0.2) is 0 Å². The van der Waals surface area contributed by atoms with Gasteiger partial charge in [0.05, 0.1) is 11.4 Å². The molecular weight excluding hydrogens is 256 g/mol. The second-order valence-corrected chi connectivity index (χ2v) is 4.86. The van der Waals surface area contributed by atoms with Crippen LogP contribution < -0.4 is 0 Å². The fourth-order valence-electron chi connectivity index (χ4n) is 1.54. The summed E-state index contributed by atoms with van der Waals surface area (Å²) in [6.45, 7) is 1.21. The molecule has 1 N–H and O–H groups in total. The van der Waals surface area contributed by atoms with E-state index in [1.54, 1.807) is 6.92 Å². The Bertz CT molecular complexity index is 302. The first kappa shape index (κ1) is 13.8. The van der Waals surface area contributed by atoms with E-state index in [-0.39, 0.29) is 5.92 Å². The third kappa shape index (κ3) is 3.89. The third-order valence-electron chi connectivity index (χ3n) is 2.40. The van der Waals surface area contributed by atoms with E-state index in [2.05, 4.69) is 9.68 Å². The highest BCUT2D eigenvalue weighted by Gasteiger charge is 2.40. The molecule has 0 amide bonds. The van der Waals surface area contributed by atoms with Gasteiger partial charge >= 0.3 is 0 Å².